The summed E-state index contributed by atoms with van der Waals surface area (Å²) in [6.45, 7) is 3.79. The largest absolute Gasteiger partial charge is 0.341 e. The van der Waals surface area contributed by atoms with Crippen molar-refractivity contribution < 1.29 is 9.59 Å². The molecule has 0 radical (unpaired) electrons. The van der Waals surface area contributed by atoms with Crippen LogP contribution in [0.4, 0.5) is 4.79 Å². The molecule has 0 aliphatic carbocycles. The van der Waals surface area contributed by atoms with Gasteiger partial charge in [0, 0.05) is 12.7 Å². The first-order valence-electron chi connectivity index (χ1n) is 8.23. The van der Waals surface area contributed by atoms with Crippen LogP contribution in [0.15, 0.2) is 53.7 Å². The summed E-state index contributed by atoms with van der Waals surface area (Å²) in [5, 5.41) is 4.91. The van der Waals surface area contributed by atoms with E-state index in [2.05, 4.69) is 15.6 Å². The van der Waals surface area contributed by atoms with E-state index < -0.39 is 11.3 Å². The maximum atomic E-state index is 12.2. The quantitative estimate of drug-likeness (QED) is 0.693. The second kappa shape index (κ2) is 7.61. The van der Waals surface area contributed by atoms with Gasteiger partial charge in [0.15, 0.2) is 5.16 Å². The zero-order chi connectivity index (χ0) is 18.7. The highest BCUT2D eigenvalue weighted by Crippen LogP contribution is 2.30. The summed E-state index contributed by atoms with van der Waals surface area (Å²) in [7, 11) is 1.47. The Bertz CT molecular complexity index is 950. The van der Waals surface area contributed by atoms with Gasteiger partial charge in [-0.2, -0.15) is 0 Å². The number of rotatable bonds is 4. The third-order valence-corrected chi connectivity index (χ3v) is 4.99. The van der Waals surface area contributed by atoms with E-state index in [1.807, 2.05) is 60.0 Å². The number of amides is 3. The number of para-hydroxylation sites is 2. The van der Waals surface area contributed by atoms with Gasteiger partial charge < -0.3 is 5.32 Å². The number of urea groups is 1. The van der Waals surface area contributed by atoms with Crippen molar-refractivity contribution in [3.8, 4) is 5.69 Å². The Hall–Kier alpha value is -2.80. The number of aromatic nitrogens is 2. The molecule has 0 bridgehead atoms. The molecule has 3 rings (SSSR count). The Morgan fingerprint density at radius 1 is 1.12 bits per heavy atom. The van der Waals surface area contributed by atoms with Crippen LogP contribution < -0.4 is 10.6 Å². The number of carbonyl (C=O) groups excluding carboxylic acids is 2. The lowest BCUT2D eigenvalue weighted by Crippen LogP contribution is -2.41. The van der Waals surface area contributed by atoms with Gasteiger partial charge in [-0.3, -0.25) is 14.7 Å². The smallest absolute Gasteiger partial charge is 0.321 e. The van der Waals surface area contributed by atoms with Crippen LogP contribution in [0.2, 0.25) is 0 Å². The summed E-state index contributed by atoms with van der Waals surface area (Å²) >= 11 is 1.32. The number of hydrogen-bond acceptors (Lipinski definition) is 4. The molecular formula is C19H20N4O2S. The van der Waals surface area contributed by atoms with Crippen LogP contribution >= 0.6 is 11.8 Å². The van der Waals surface area contributed by atoms with Crippen molar-refractivity contribution in [1.82, 2.24) is 20.2 Å². The number of aryl methyl sites for hydroxylation is 1. The molecule has 0 fully saturated rings. The van der Waals surface area contributed by atoms with Gasteiger partial charge in [-0.15, -0.1) is 0 Å². The van der Waals surface area contributed by atoms with Crippen LogP contribution in [0, 0.1) is 6.92 Å². The Balaban J connectivity index is 1.97. The van der Waals surface area contributed by atoms with E-state index in [0.717, 1.165) is 16.7 Å². The normalized spacial score (nSPS) is 12.0. The van der Waals surface area contributed by atoms with Crippen LogP contribution in [0.1, 0.15) is 12.5 Å². The molecule has 7 heteroatoms. The molecule has 2 aromatic carbocycles. The van der Waals surface area contributed by atoms with Gasteiger partial charge in [0.1, 0.15) is 0 Å². The Labute approximate surface area is 156 Å². The second-order valence-corrected chi connectivity index (χ2v) is 7.19. The number of nitrogens with zero attached hydrogens (tertiary/aromatic N) is 2. The average Bonchev–Trinajstić information content (AvgIpc) is 3.00. The molecule has 0 aliphatic heterocycles. The molecular weight excluding hydrogens is 348 g/mol. The number of hydrogen-bond donors (Lipinski definition) is 2. The molecule has 2 N–H and O–H groups in total. The van der Waals surface area contributed by atoms with Crippen molar-refractivity contribution in [2.24, 2.45) is 0 Å². The van der Waals surface area contributed by atoms with Crippen molar-refractivity contribution in [2.45, 2.75) is 24.3 Å². The van der Waals surface area contributed by atoms with Crippen LogP contribution in [0.25, 0.3) is 16.7 Å². The number of thioether (sulfide) groups is 1. The minimum absolute atomic E-state index is 0.364. The first-order chi connectivity index (χ1) is 12.5. The number of imidazole rings is 1. The predicted octanol–water partition coefficient (Wildman–Crippen LogP) is 3.27. The summed E-state index contributed by atoms with van der Waals surface area (Å²) < 4.78 is 2.03. The van der Waals surface area contributed by atoms with Crippen molar-refractivity contribution in [1.29, 1.82) is 0 Å². The molecule has 1 atom stereocenters. The van der Waals surface area contributed by atoms with Gasteiger partial charge in [0.25, 0.3) is 0 Å². The van der Waals surface area contributed by atoms with Crippen LogP contribution in [0.5, 0.6) is 0 Å². The minimum Gasteiger partial charge on any atom is -0.341 e. The number of fused-ring (bicyclic) bond motifs is 1. The lowest BCUT2D eigenvalue weighted by Gasteiger charge is -2.13. The lowest BCUT2D eigenvalue weighted by molar-refractivity contribution is -0.119. The summed E-state index contributed by atoms with van der Waals surface area (Å²) in [4.78, 5) is 28.2. The highest BCUT2D eigenvalue weighted by molar-refractivity contribution is 8.00. The number of carbonyl (C=O) groups is 2. The molecule has 0 saturated carbocycles. The van der Waals surface area contributed by atoms with E-state index in [1.165, 1.54) is 24.4 Å². The highest BCUT2D eigenvalue weighted by atomic mass is 32.2. The number of imide groups is 1. The molecule has 1 unspecified atom stereocenters. The molecule has 1 aromatic heterocycles. The summed E-state index contributed by atoms with van der Waals surface area (Å²) in [5.74, 6) is -0.364. The van der Waals surface area contributed by atoms with Gasteiger partial charge in [-0.05, 0) is 38.1 Å². The fraction of sp³-hybridized carbons (Fsp3) is 0.211. The maximum Gasteiger partial charge on any atom is 0.321 e. The highest BCUT2D eigenvalue weighted by Gasteiger charge is 2.21. The van der Waals surface area contributed by atoms with E-state index >= 15 is 0 Å². The standard InChI is InChI=1S/C19H20N4O2S/c1-12-8-10-14(11-9-12)23-16-7-5-4-6-15(16)21-19(23)26-13(2)17(24)22-18(25)20-3/h4-11,13H,1-3H3,(H2,20,22,24,25). The zero-order valence-corrected chi connectivity index (χ0v) is 15.6. The predicted molar refractivity (Wildman–Crippen MR) is 104 cm³/mol. The first-order valence-corrected chi connectivity index (χ1v) is 9.11. The van der Waals surface area contributed by atoms with Crippen LogP contribution in [-0.4, -0.2) is 33.8 Å². The van der Waals surface area contributed by atoms with Gasteiger partial charge in [0.05, 0.1) is 16.3 Å². The molecule has 1 heterocycles. The summed E-state index contributed by atoms with van der Waals surface area (Å²) in [6.07, 6.45) is 0. The molecule has 3 aromatic rings. The summed E-state index contributed by atoms with van der Waals surface area (Å²) in [5.41, 5.74) is 3.98. The van der Waals surface area contributed by atoms with E-state index in [0.29, 0.717) is 5.16 Å². The van der Waals surface area contributed by atoms with Gasteiger partial charge in [0.2, 0.25) is 5.91 Å². The van der Waals surface area contributed by atoms with Crippen LogP contribution in [0.3, 0.4) is 0 Å². The molecule has 3 amide bonds. The zero-order valence-electron chi connectivity index (χ0n) is 14.8. The van der Waals surface area contributed by atoms with Crippen LogP contribution in [-0.2, 0) is 4.79 Å². The van der Waals surface area contributed by atoms with Crippen molar-refractivity contribution in [2.75, 3.05) is 7.05 Å². The molecule has 0 aliphatic rings. The first kappa shape index (κ1) is 18.0. The van der Waals surface area contributed by atoms with E-state index in [1.54, 1.807) is 6.92 Å². The molecule has 0 spiro atoms. The van der Waals surface area contributed by atoms with Gasteiger partial charge in [-0.25, -0.2) is 9.78 Å². The third kappa shape index (κ3) is 3.72. The Kier molecular flexibility index (Phi) is 5.27. The fourth-order valence-electron chi connectivity index (χ4n) is 2.51. The molecule has 134 valence electrons. The molecule has 0 saturated heterocycles. The SMILES string of the molecule is CNC(=O)NC(=O)C(C)Sc1nc2ccccc2n1-c1ccc(C)cc1. The molecule has 26 heavy (non-hydrogen) atoms. The fourth-order valence-corrected chi connectivity index (χ4v) is 3.46. The third-order valence-electron chi connectivity index (χ3n) is 3.94. The molecule has 6 nitrogen and oxygen atoms in total. The summed E-state index contributed by atoms with van der Waals surface area (Å²) in [6, 6.07) is 15.5. The number of nitrogens with one attached hydrogen (secondary N) is 2. The van der Waals surface area contributed by atoms with Crippen molar-refractivity contribution in [3.63, 3.8) is 0 Å². The minimum atomic E-state index is -0.519. The number of benzene rings is 2. The maximum absolute atomic E-state index is 12.2. The lowest BCUT2D eigenvalue weighted by atomic mass is 10.2. The topological polar surface area (TPSA) is 76.0 Å². The van der Waals surface area contributed by atoms with E-state index in [9.17, 15) is 9.59 Å². The monoisotopic (exact) mass is 368 g/mol. The average molecular weight is 368 g/mol. The van der Waals surface area contributed by atoms with Crippen molar-refractivity contribution >= 4 is 34.7 Å². The van der Waals surface area contributed by atoms with Gasteiger partial charge >= 0.3 is 6.03 Å². The van der Waals surface area contributed by atoms with Crippen molar-refractivity contribution in [3.05, 3.63) is 54.1 Å². The van der Waals surface area contributed by atoms with E-state index in [4.69, 9.17) is 0 Å². The second-order valence-electron chi connectivity index (χ2n) is 5.88. The Morgan fingerprint density at radius 2 is 1.81 bits per heavy atom. The van der Waals surface area contributed by atoms with E-state index in [-0.39, 0.29) is 5.91 Å². The Morgan fingerprint density at radius 3 is 2.50 bits per heavy atom. The van der Waals surface area contributed by atoms with Gasteiger partial charge in [-0.1, -0.05) is 41.6 Å².